The van der Waals surface area contributed by atoms with Gasteiger partial charge in [0.05, 0.1) is 10.9 Å². The third-order valence-corrected chi connectivity index (χ3v) is 23.5. The summed E-state index contributed by atoms with van der Waals surface area (Å²) in [4.78, 5) is 6.57. The van der Waals surface area contributed by atoms with Gasteiger partial charge in [0.25, 0.3) is 22.6 Å². The molecule has 0 spiro atoms. The van der Waals surface area contributed by atoms with Crippen LogP contribution in [0.1, 0.15) is 11.1 Å². The van der Waals surface area contributed by atoms with Gasteiger partial charge in [-0.25, -0.2) is 176 Å². The second-order valence-corrected chi connectivity index (χ2v) is 30.6. The van der Waals surface area contributed by atoms with Crippen molar-refractivity contribution in [3.63, 3.8) is 0 Å². The van der Waals surface area contributed by atoms with E-state index in [-0.39, 0.29) is 10.9 Å². The summed E-state index contributed by atoms with van der Waals surface area (Å²) in [5.74, 6) is -143. The van der Waals surface area contributed by atoms with E-state index in [2.05, 4.69) is 158 Å². The number of rotatable bonds is 14. The normalized spacial score (nSPS) is 11.7. The quantitative estimate of drug-likeness (QED) is 0.0261. The van der Waals surface area contributed by atoms with Crippen LogP contribution in [-0.4, -0.2) is 12.3 Å². The maximum absolute atomic E-state index is 15.4. The maximum Gasteiger partial charge on any atom is 0.297 e. The minimum Gasteiger partial charge on any atom is -0.207 e. The number of hydrogen-bond acceptors (Lipinski definition) is 1. The molecule has 13 aromatic rings. The Kier molecular flexibility index (Phi) is 26.8. The number of aryl methyl sites for hydroxylation is 2. The van der Waals surface area contributed by atoms with Crippen LogP contribution in [0.3, 0.4) is 0 Å². The van der Waals surface area contributed by atoms with Crippen molar-refractivity contribution in [2.24, 2.45) is 0 Å². The van der Waals surface area contributed by atoms with E-state index in [0.29, 0.717) is 0 Å². The molecule has 13 rings (SSSR count). The predicted molar refractivity (Wildman–Crippen MR) is 365 cm³/mol. The third kappa shape index (κ3) is 15.4. The molecule has 0 nitrogen and oxygen atoms in total. The van der Waals surface area contributed by atoms with Gasteiger partial charge in [0.1, 0.15) is 105 Å². The fourth-order valence-corrected chi connectivity index (χ4v) is 17.3. The van der Waals surface area contributed by atoms with Gasteiger partial charge in [0, 0.05) is 15.4 Å². The van der Waals surface area contributed by atoms with Crippen molar-refractivity contribution in [3.8, 4) is 11.1 Å². The topological polar surface area (TPSA) is 0 Å². The average molecular weight is 1960 g/mol. The number of hydrogen-bond donors (Lipinski definition) is 0. The molecular formula is C80H27B2F40IS2. The summed E-state index contributed by atoms with van der Waals surface area (Å²) in [5.41, 5.74) is -23.5. The van der Waals surface area contributed by atoms with Gasteiger partial charge >= 0.3 is 0 Å². The minimum atomic E-state index is -7.22. The van der Waals surface area contributed by atoms with Gasteiger partial charge in [-0.2, -0.15) is 0 Å². The molecule has 0 saturated carbocycles. The van der Waals surface area contributed by atoms with Crippen molar-refractivity contribution >= 4 is 78.7 Å². The molecule has 0 aromatic heterocycles. The highest BCUT2D eigenvalue weighted by Gasteiger charge is 2.55. The highest BCUT2D eigenvalue weighted by molar-refractivity contribution is 7.99. The van der Waals surface area contributed by atoms with E-state index in [1.807, 2.05) is 11.8 Å². The van der Waals surface area contributed by atoms with Crippen molar-refractivity contribution in [1.82, 2.24) is 0 Å². The molecule has 13 aromatic carbocycles. The van der Waals surface area contributed by atoms with Crippen molar-refractivity contribution < 1.29 is 198 Å². The lowest BCUT2D eigenvalue weighted by atomic mass is 9.12. The van der Waals surface area contributed by atoms with E-state index in [1.54, 1.807) is 0 Å². The van der Waals surface area contributed by atoms with Crippen molar-refractivity contribution in [3.05, 3.63) is 369 Å². The zero-order valence-electron chi connectivity index (χ0n) is 60.0. The summed E-state index contributed by atoms with van der Waals surface area (Å²) in [7, 11) is -0.122. The van der Waals surface area contributed by atoms with Crippen LogP contribution >= 0.6 is 11.8 Å². The van der Waals surface area contributed by atoms with Gasteiger partial charge < -0.3 is 0 Å². The maximum atomic E-state index is 15.4. The third-order valence-electron chi connectivity index (χ3n) is 19.3. The first-order valence-corrected chi connectivity index (χ1v) is 36.7. The van der Waals surface area contributed by atoms with Gasteiger partial charge in [-0.3, -0.25) is 0 Å². The molecule has 0 amide bonds. The lowest BCUT2D eigenvalue weighted by Crippen LogP contribution is -3.34. The largest absolute Gasteiger partial charge is 0.297 e. The van der Waals surface area contributed by atoms with E-state index in [4.69, 9.17) is 0 Å². The van der Waals surface area contributed by atoms with E-state index >= 15 is 70.2 Å². The zero-order valence-corrected chi connectivity index (χ0v) is 64.0. The second-order valence-electron chi connectivity index (χ2n) is 26.1. The molecule has 45 heteroatoms. The Morgan fingerprint density at radius 3 is 0.520 bits per heavy atom. The van der Waals surface area contributed by atoms with Crippen LogP contribution < -0.4 is 66.3 Å². The SMILES string of the molecule is Cc1ccc([S+](c2ccc(C)cc2)c2ccc(Sc3ccc(-c4ccccc4[IH+])cc3)cc2)cc1.Fc1c(F)c(F)c([B-](c2c(F)c(F)c(F)c(F)c2F)(c2c(F)c(F)c(F)c(F)c2F)c2c(F)c(F)c(F)c(F)c2F)c(F)c1F.Fc1c(F)c(F)c([B-](c2c(F)c(F)c(F)c(F)c2F)(c2c(F)c(F)c(F)c(F)c2F)c2c(F)c(F)c(F)c(F)c2F)c(F)c1F. The summed E-state index contributed by atoms with van der Waals surface area (Å²) in [6.45, 7) is 4.29. The van der Waals surface area contributed by atoms with E-state index in [9.17, 15) is 105 Å². The van der Waals surface area contributed by atoms with Crippen LogP contribution in [0, 0.1) is 250 Å². The molecule has 0 aliphatic rings. The molecule has 0 aliphatic carbocycles. The second kappa shape index (κ2) is 35.6. The molecule has 0 radical (unpaired) electrons. The Hall–Kier alpha value is -11.4. The molecule has 0 saturated heterocycles. The fourth-order valence-electron chi connectivity index (χ4n) is 13.7. The molecule has 125 heavy (non-hydrogen) atoms. The Balaban J connectivity index is 0.000000184. The predicted octanol–water partition coefficient (Wildman–Crippen LogP) is 17.4. The number of benzene rings is 13. The van der Waals surface area contributed by atoms with Gasteiger partial charge in [-0.05, 0) is 92.2 Å². The zero-order chi connectivity index (χ0) is 92.9. The monoisotopic (exact) mass is 1960 g/mol. The molecule has 0 N–H and O–H groups in total. The summed E-state index contributed by atoms with van der Waals surface area (Å²) in [5, 5.41) is 0. The lowest BCUT2D eigenvalue weighted by molar-refractivity contribution is -0.326. The van der Waals surface area contributed by atoms with Gasteiger partial charge in [0.2, 0.25) is 0 Å². The molecule has 0 heterocycles. The smallest absolute Gasteiger partial charge is 0.207 e. The van der Waals surface area contributed by atoms with E-state index < -0.39 is 289 Å². The van der Waals surface area contributed by atoms with Gasteiger partial charge in [-0.1, -0.05) is 71.4 Å². The first kappa shape index (κ1) is 94.3. The first-order chi connectivity index (χ1) is 58.5. The fraction of sp³-hybridized carbons (Fsp3) is 0.0250. The molecular weight excluding hydrogens is 1930 g/mol. The highest BCUT2D eigenvalue weighted by Crippen LogP contribution is 2.39. The first-order valence-electron chi connectivity index (χ1n) is 33.5. The average Bonchev–Trinajstić information content (AvgIpc) is 0.684. The Bertz CT molecular complexity index is 5490. The Morgan fingerprint density at radius 2 is 0.344 bits per heavy atom. The van der Waals surface area contributed by atoms with Gasteiger partial charge in [0.15, 0.2) is 158 Å². The molecule has 0 atom stereocenters. The van der Waals surface area contributed by atoms with Gasteiger partial charge in [-0.15, -0.1) is 43.7 Å². The molecule has 652 valence electrons. The standard InChI is InChI=1S/C32H27IS2.2C24BF20/c1-23-7-17-28(18-8-23)35(29-19-9-24(2)10-20-29)30-21-15-27(16-22-30)34-26-13-11-25(12-14-26)31-5-3-4-6-32(31)33;2*26-5-1(6(27)14(35)21(42)13(5)34)25(2-7(28)15(36)22(43)16(37)8(2)29,3-9(30)17(38)23(44)18(39)10(3)31)4-11(32)19(40)24(45)20(41)12(4)33/h3-22,33H,1-2H3;;/q+2;2*-1. The van der Waals surface area contributed by atoms with Crippen LogP contribution in [0.15, 0.2) is 146 Å². The van der Waals surface area contributed by atoms with Crippen molar-refractivity contribution in [2.45, 2.75) is 38.3 Å². The van der Waals surface area contributed by atoms with Crippen molar-refractivity contribution in [2.75, 3.05) is 0 Å². The summed E-state index contributed by atoms with van der Waals surface area (Å²) >= 11 is 3.90. The lowest BCUT2D eigenvalue weighted by Gasteiger charge is -2.44. The number of halogens is 41. The molecule has 0 unspecified atom stereocenters. The Labute approximate surface area is 691 Å². The molecule has 0 fully saturated rings. The van der Waals surface area contributed by atoms with Crippen LogP contribution in [0.2, 0.25) is 0 Å². The van der Waals surface area contributed by atoms with Crippen LogP contribution in [0.25, 0.3) is 11.1 Å². The van der Waals surface area contributed by atoms with Crippen LogP contribution in [0.5, 0.6) is 0 Å². The molecule has 0 aliphatic heterocycles. The minimum absolute atomic E-state index is 0.122. The summed E-state index contributed by atoms with van der Waals surface area (Å²) in [6.07, 6.45) is -14.4. The Morgan fingerprint density at radius 1 is 0.192 bits per heavy atom. The summed E-state index contributed by atoms with van der Waals surface area (Å²) in [6, 6.07) is 44.6. The van der Waals surface area contributed by atoms with Crippen LogP contribution in [-0.2, 0) is 10.9 Å². The summed E-state index contributed by atoms with van der Waals surface area (Å²) < 4.78 is 589. The highest BCUT2D eigenvalue weighted by atomic mass is 127. The van der Waals surface area contributed by atoms with E-state index in [0.717, 1.165) is 0 Å². The van der Waals surface area contributed by atoms with E-state index in [1.165, 1.54) is 50.3 Å². The van der Waals surface area contributed by atoms with Crippen LogP contribution in [0.4, 0.5) is 176 Å². The molecule has 0 bridgehead atoms. The van der Waals surface area contributed by atoms with Crippen molar-refractivity contribution in [1.29, 1.82) is 0 Å².